The van der Waals surface area contributed by atoms with Gasteiger partial charge in [0, 0.05) is 0 Å². The van der Waals surface area contributed by atoms with E-state index in [1.807, 2.05) is 0 Å². The number of amides is 2. The van der Waals surface area contributed by atoms with E-state index in [-0.39, 0.29) is 5.92 Å². The molecule has 0 saturated heterocycles. The monoisotopic (exact) mass is 316 g/mol. The first-order valence-corrected chi connectivity index (χ1v) is 7.49. The third-order valence-corrected chi connectivity index (χ3v) is 3.22. The number of nitrogens with one attached hydrogen (secondary N) is 2. The fraction of sp³-hybridized carbons (Fsp3) is 0.786. The molecule has 8 heteroatoms. The highest BCUT2D eigenvalue weighted by atomic mass is 16.4. The van der Waals surface area contributed by atoms with E-state index in [9.17, 15) is 14.4 Å². The maximum Gasteiger partial charge on any atom is 0.326 e. The highest BCUT2D eigenvalue weighted by molar-refractivity contribution is 5.91. The first kappa shape index (κ1) is 20.3. The van der Waals surface area contributed by atoms with Crippen LogP contribution in [0.3, 0.4) is 0 Å². The first-order chi connectivity index (χ1) is 10.2. The minimum Gasteiger partial charge on any atom is -0.480 e. The summed E-state index contributed by atoms with van der Waals surface area (Å²) in [6.07, 6.45) is 1.59. The Morgan fingerprint density at radius 1 is 1.05 bits per heavy atom. The van der Waals surface area contributed by atoms with Gasteiger partial charge in [0.15, 0.2) is 0 Å². The van der Waals surface area contributed by atoms with Crippen molar-refractivity contribution in [3.63, 3.8) is 0 Å². The minimum absolute atomic E-state index is 0.193. The molecule has 0 aromatic carbocycles. The Balaban J connectivity index is 4.76. The summed E-state index contributed by atoms with van der Waals surface area (Å²) >= 11 is 0. The van der Waals surface area contributed by atoms with Crippen LogP contribution in [0.25, 0.3) is 0 Å². The average Bonchev–Trinajstić information content (AvgIpc) is 2.42. The summed E-state index contributed by atoms with van der Waals surface area (Å²) in [4.78, 5) is 35.1. The van der Waals surface area contributed by atoms with Crippen LogP contribution in [0.2, 0.25) is 0 Å². The largest absolute Gasteiger partial charge is 0.480 e. The number of carbonyl (C=O) groups excluding carboxylic acids is 2. The van der Waals surface area contributed by atoms with Crippen LogP contribution in [0.15, 0.2) is 0 Å². The molecule has 22 heavy (non-hydrogen) atoms. The Labute approximate surface area is 131 Å². The van der Waals surface area contributed by atoms with Gasteiger partial charge in [-0.05, 0) is 38.6 Å². The van der Waals surface area contributed by atoms with Crippen LogP contribution in [0.5, 0.6) is 0 Å². The third kappa shape index (κ3) is 7.37. The molecule has 0 aromatic rings. The third-order valence-electron chi connectivity index (χ3n) is 3.22. The predicted molar refractivity (Wildman–Crippen MR) is 82.9 cm³/mol. The summed E-state index contributed by atoms with van der Waals surface area (Å²) in [6.45, 7) is 5.50. The average molecular weight is 316 g/mol. The molecule has 0 fully saturated rings. The van der Waals surface area contributed by atoms with E-state index in [4.69, 9.17) is 16.6 Å². The van der Waals surface area contributed by atoms with Gasteiger partial charge in [-0.15, -0.1) is 0 Å². The minimum atomic E-state index is -1.11. The van der Waals surface area contributed by atoms with Crippen molar-refractivity contribution in [2.45, 2.75) is 58.2 Å². The summed E-state index contributed by atoms with van der Waals surface area (Å²) in [5, 5.41) is 14.2. The van der Waals surface area contributed by atoms with E-state index in [1.165, 1.54) is 6.92 Å². The van der Waals surface area contributed by atoms with E-state index in [1.54, 1.807) is 13.8 Å². The molecule has 0 rings (SSSR count). The van der Waals surface area contributed by atoms with Gasteiger partial charge in [-0.2, -0.15) is 0 Å². The summed E-state index contributed by atoms with van der Waals surface area (Å²) in [6, 6.07) is -2.56. The second-order valence-corrected chi connectivity index (χ2v) is 5.70. The molecule has 0 radical (unpaired) electrons. The van der Waals surface area contributed by atoms with Crippen molar-refractivity contribution in [2.24, 2.45) is 17.4 Å². The molecule has 0 aliphatic carbocycles. The number of unbranched alkanes of at least 4 members (excludes halogenated alkanes) is 1. The number of carbonyl (C=O) groups is 3. The van der Waals surface area contributed by atoms with E-state index >= 15 is 0 Å². The summed E-state index contributed by atoms with van der Waals surface area (Å²) in [5.41, 5.74) is 10.8. The molecule has 0 heterocycles. The second kappa shape index (κ2) is 10.1. The smallest absolute Gasteiger partial charge is 0.326 e. The molecule has 3 unspecified atom stereocenters. The van der Waals surface area contributed by atoms with Crippen molar-refractivity contribution in [3.8, 4) is 0 Å². The van der Waals surface area contributed by atoms with Crippen molar-refractivity contribution < 1.29 is 19.5 Å². The zero-order chi connectivity index (χ0) is 17.3. The standard InChI is InChI=1S/C14H28N4O4/c1-8(2)11(18-12(19)9(3)16)13(20)17-10(14(21)22)6-4-5-7-15/h8-11H,4-7,15-16H2,1-3H3,(H,17,20)(H,18,19)(H,21,22). The Hall–Kier alpha value is -1.67. The number of aliphatic carboxylic acids is 1. The summed E-state index contributed by atoms with van der Waals surface area (Å²) < 4.78 is 0. The molecular weight excluding hydrogens is 288 g/mol. The first-order valence-electron chi connectivity index (χ1n) is 7.49. The molecule has 128 valence electrons. The Bertz CT molecular complexity index is 385. The van der Waals surface area contributed by atoms with Gasteiger partial charge in [-0.1, -0.05) is 13.8 Å². The van der Waals surface area contributed by atoms with Crippen LogP contribution in [-0.4, -0.2) is 47.6 Å². The highest BCUT2D eigenvalue weighted by Gasteiger charge is 2.28. The quantitative estimate of drug-likeness (QED) is 0.332. The fourth-order valence-electron chi connectivity index (χ4n) is 1.83. The maximum atomic E-state index is 12.2. The van der Waals surface area contributed by atoms with Crippen molar-refractivity contribution in [1.82, 2.24) is 10.6 Å². The molecular formula is C14H28N4O4. The highest BCUT2D eigenvalue weighted by Crippen LogP contribution is 2.06. The van der Waals surface area contributed by atoms with Crippen LogP contribution >= 0.6 is 0 Å². The van der Waals surface area contributed by atoms with Gasteiger partial charge >= 0.3 is 5.97 Å². The van der Waals surface area contributed by atoms with Gasteiger partial charge in [-0.25, -0.2) is 4.79 Å². The molecule has 0 aliphatic rings. The van der Waals surface area contributed by atoms with E-state index in [0.717, 1.165) is 0 Å². The lowest BCUT2D eigenvalue weighted by Gasteiger charge is -2.24. The number of nitrogens with two attached hydrogens (primary N) is 2. The molecule has 3 atom stereocenters. The van der Waals surface area contributed by atoms with Gasteiger partial charge in [0.05, 0.1) is 6.04 Å². The lowest BCUT2D eigenvalue weighted by atomic mass is 10.0. The summed E-state index contributed by atoms with van der Waals surface area (Å²) in [5.74, 6) is -2.28. The molecule has 2 amide bonds. The SMILES string of the molecule is CC(N)C(=O)NC(C(=O)NC(CCCCN)C(=O)O)C(C)C. The van der Waals surface area contributed by atoms with Crippen LogP contribution in [0.1, 0.15) is 40.0 Å². The number of hydrogen-bond acceptors (Lipinski definition) is 5. The second-order valence-electron chi connectivity index (χ2n) is 5.70. The van der Waals surface area contributed by atoms with Crippen LogP contribution in [-0.2, 0) is 14.4 Å². The zero-order valence-electron chi connectivity index (χ0n) is 13.5. The van der Waals surface area contributed by atoms with E-state index in [2.05, 4.69) is 10.6 Å². The van der Waals surface area contributed by atoms with Gasteiger partial charge < -0.3 is 27.2 Å². The molecule has 0 saturated carbocycles. The Morgan fingerprint density at radius 3 is 2.05 bits per heavy atom. The van der Waals surface area contributed by atoms with Crippen LogP contribution in [0.4, 0.5) is 0 Å². The van der Waals surface area contributed by atoms with E-state index in [0.29, 0.717) is 25.8 Å². The number of hydrogen-bond donors (Lipinski definition) is 5. The Kier molecular flexibility index (Phi) is 9.35. The molecule has 0 spiro atoms. The van der Waals surface area contributed by atoms with Crippen molar-refractivity contribution in [2.75, 3.05) is 6.54 Å². The van der Waals surface area contributed by atoms with Crippen LogP contribution < -0.4 is 22.1 Å². The zero-order valence-corrected chi connectivity index (χ0v) is 13.5. The molecule has 8 nitrogen and oxygen atoms in total. The van der Waals surface area contributed by atoms with Crippen molar-refractivity contribution >= 4 is 17.8 Å². The van der Waals surface area contributed by atoms with Gasteiger partial charge in [0.25, 0.3) is 0 Å². The molecule has 0 bridgehead atoms. The maximum absolute atomic E-state index is 12.2. The number of carboxylic acids is 1. The fourth-order valence-corrected chi connectivity index (χ4v) is 1.83. The predicted octanol–water partition coefficient (Wildman–Crippen LogP) is -0.827. The normalized spacial score (nSPS) is 15.0. The number of rotatable bonds is 10. The molecule has 0 aromatic heterocycles. The van der Waals surface area contributed by atoms with Gasteiger partial charge in [-0.3, -0.25) is 9.59 Å². The Morgan fingerprint density at radius 2 is 1.64 bits per heavy atom. The van der Waals surface area contributed by atoms with Crippen molar-refractivity contribution in [3.05, 3.63) is 0 Å². The van der Waals surface area contributed by atoms with Gasteiger partial charge in [0.2, 0.25) is 11.8 Å². The van der Waals surface area contributed by atoms with Crippen molar-refractivity contribution in [1.29, 1.82) is 0 Å². The summed E-state index contributed by atoms with van der Waals surface area (Å²) in [7, 11) is 0. The number of carboxylic acid groups (broad SMARTS) is 1. The lowest BCUT2D eigenvalue weighted by Crippen LogP contribution is -2.55. The molecule has 0 aliphatic heterocycles. The molecule has 7 N–H and O–H groups in total. The van der Waals surface area contributed by atoms with E-state index < -0.39 is 35.9 Å². The topological polar surface area (TPSA) is 148 Å². The van der Waals surface area contributed by atoms with Gasteiger partial charge in [0.1, 0.15) is 12.1 Å². The van der Waals surface area contributed by atoms with Crippen LogP contribution in [0, 0.1) is 5.92 Å². The lowest BCUT2D eigenvalue weighted by molar-refractivity contribution is -0.142.